The third kappa shape index (κ3) is 4.85. The molecule has 0 amide bonds. The Bertz CT molecular complexity index is 352. The standard InChI is InChI=1S/C13H21N3O/c1-2-3-4-5-6-10-17-13-11(12(14)15)8-7-9-16-13/h7-9H,2-6,10H2,1H3,(H3,14,15). The van der Waals surface area contributed by atoms with Crippen LogP contribution in [0, 0.1) is 5.41 Å². The normalized spacial score (nSPS) is 10.2. The van der Waals surface area contributed by atoms with E-state index >= 15 is 0 Å². The molecule has 1 aromatic rings. The number of aromatic nitrogens is 1. The van der Waals surface area contributed by atoms with E-state index in [1.807, 2.05) is 0 Å². The first-order valence-electron chi connectivity index (χ1n) is 6.18. The largest absolute Gasteiger partial charge is 0.477 e. The summed E-state index contributed by atoms with van der Waals surface area (Å²) in [6.45, 7) is 2.84. The SMILES string of the molecule is CCCCCCCOc1ncccc1C(=N)N. The molecule has 0 unspecified atom stereocenters. The van der Waals surface area contributed by atoms with E-state index in [1.165, 1.54) is 25.7 Å². The highest BCUT2D eigenvalue weighted by Crippen LogP contribution is 2.14. The first-order chi connectivity index (χ1) is 8.25. The highest BCUT2D eigenvalue weighted by atomic mass is 16.5. The van der Waals surface area contributed by atoms with Gasteiger partial charge in [0.2, 0.25) is 5.88 Å². The van der Waals surface area contributed by atoms with Crippen molar-refractivity contribution in [2.24, 2.45) is 5.73 Å². The molecule has 0 radical (unpaired) electrons. The van der Waals surface area contributed by atoms with Crippen molar-refractivity contribution in [2.75, 3.05) is 6.61 Å². The molecule has 17 heavy (non-hydrogen) atoms. The zero-order valence-corrected chi connectivity index (χ0v) is 10.4. The van der Waals surface area contributed by atoms with Gasteiger partial charge in [0.25, 0.3) is 0 Å². The molecule has 0 aliphatic carbocycles. The van der Waals surface area contributed by atoms with Crippen LogP contribution in [0.25, 0.3) is 0 Å². The smallest absolute Gasteiger partial charge is 0.224 e. The van der Waals surface area contributed by atoms with Crippen LogP contribution in [-0.4, -0.2) is 17.4 Å². The second kappa shape index (κ2) is 7.65. The van der Waals surface area contributed by atoms with Crippen LogP contribution in [0.1, 0.15) is 44.6 Å². The van der Waals surface area contributed by atoms with E-state index in [1.54, 1.807) is 18.3 Å². The minimum Gasteiger partial charge on any atom is -0.477 e. The van der Waals surface area contributed by atoms with Crippen molar-refractivity contribution in [1.82, 2.24) is 4.98 Å². The summed E-state index contributed by atoms with van der Waals surface area (Å²) >= 11 is 0. The topological polar surface area (TPSA) is 72.0 Å². The lowest BCUT2D eigenvalue weighted by atomic mass is 10.2. The number of nitrogen functional groups attached to an aromatic ring is 1. The monoisotopic (exact) mass is 235 g/mol. The number of ether oxygens (including phenoxy) is 1. The Balaban J connectivity index is 2.34. The molecule has 0 aliphatic rings. The fraction of sp³-hybridized carbons (Fsp3) is 0.538. The number of nitrogens with two attached hydrogens (primary N) is 1. The molecule has 94 valence electrons. The Morgan fingerprint density at radius 3 is 2.82 bits per heavy atom. The number of amidine groups is 1. The van der Waals surface area contributed by atoms with Gasteiger partial charge in [0.1, 0.15) is 5.84 Å². The van der Waals surface area contributed by atoms with Crippen LogP contribution in [-0.2, 0) is 0 Å². The maximum absolute atomic E-state index is 7.41. The lowest BCUT2D eigenvalue weighted by molar-refractivity contribution is 0.293. The van der Waals surface area contributed by atoms with Crippen LogP contribution in [0.3, 0.4) is 0 Å². The molecular formula is C13H21N3O. The molecule has 0 saturated heterocycles. The lowest BCUT2D eigenvalue weighted by Gasteiger charge is -2.08. The van der Waals surface area contributed by atoms with E-state index in [2.05, 4.69) is 11.9 Å². The molecule has 1 heterocycles. The molecule has 4 nitrogen and oxygen atoms in total. The highest BCUT2D eigenvalue weighted by Gasteiger charge is 2.06. The number of nitrogens with zero attached hydrogens (tertiary/aromatic N) is 1. The summed E-state index contributed by atoms with van der Waals surface area (Å²) in [5.41, 5.74) is 6.02. The second-order valence-electron chi connectivity index (χ2n) is 4.03. The van der Waals surface area contributed by atoms with Crippen molar-refractivity contribution in [3.8, 4) is 5.88 Å². The summed E-state index contributed by atoms with van der Waals surface area (Å²) in [5.74, 6) is 0.467. The molecule has 0 spiro atoms. The third-order valence-electron chi connectivity index (χ3n) is 2.55. The number of pyridine rings is 1. The first-order valence-corrected chi connectivity index (χ1v) is 6.18. The average Bonchev–Trinajstić information content (AvgIpc) is 2.34. The zero-order chi connectivity index (χ0) is 12.5. The predicted octanol–water partition coefficient (Wildman–Crippen LogP) is 2.71. The minimum absolute atomic E-state index is 0.000849. The van der Waals surface area contributed by atoms with Gasteiger partial charge in [-0.05, 0) is 18.6 Å². The Morgan fingerprint density at radius 1 is 1.35 bits per heavy atom. The van der Waals surface area contributed by atoms with Crippen molar-refractivity contribution in [2.45, 2.75) is 39.0 Å². The molecule has 0 saturated carbocycles. The maximum Gasteiger partial charge on any atom is 0.224 e. The summed E-state index contributed by atoms with van der Waals surface area (Å²) in [7, 11) is 0. The lowest BCUT2D eigenvalue weighted by Crippen LogP contribution is -2.14. The van der Waals surface area contributed by atoms with Crippen molar-refractivity contribution >= 4 is 5.84 Å². The van der Waals surface area contributed by atoms with Gasteiger partial charge in [0, 0.05) is 6.20 Å². The van der Waals surface area contributed by atoms with Gasteiger partial charge in [-0.1, -0.05) is 32.6 Å². The summed E-state index contributed by atoms with van der Waals surface area (Å²) in [5, 5.41) is 7.41. The number of hydrogen-bond donors (Lipinski definition) is 2. The van der Waals surface area contributed by atoms with Gasteiger partial charge >= 0.3 is 0 Å². The number of nitrogens with one attached hydrogen (secondary N) is 1. The molecule has 4 heteroatoms. The average molecular weight is 235 g/mol. The van der Waals surface area contributed by atoms with E-state index in [0.717, 1.165) is 6.42 Å². The van der Waals surface area contributed by atoms with Crippen molar-refractivity contribution in [3.05, 3.63) is 23.9 Å². The summed E-state index contributed by atoms with van der Waals surface area (Å²) in [6, 6.07) is 3.51. The summed E-state index contributed by atoms with van der Waals surface area (Å²) < 4.78 is 5.55. The van der Waals surface area contributed by atoms with Crippen molar-refractivity contribution in [1.29, 1.82) is 5.41 Å². The Morgan fingerprint density at radius 2 is 2.12 bits per heavy atom. The quantitative estimate of drug-likeness (QED) is 0.413. The van der Waals surface area contributed by atoms with Crippen molar-refractivity contribution < 1.29 is 4.74 Å². The van der Waals surface area contributed by atoms with Gasteiger partial charge in [-0.3, -0.25) is 5.41 Å². The van der Waals surface area contributed by atoms with E-state index in [0.29, 0.717) is 18.1 Å². The van der Waals surface area contributed by atoms with Crippen LogP contribution in [0.15, 0.2) is 18.3 Å². The van der Waals surface area contributed by atoms with Gasteiger partial charge < -0.3 is 10.5 Å². The summed E-state index contributed by atoms with van der Waals surface area (Å²) in [4.78, 5) is 4.09. The fourth-order valence-corrected chi connectivity index (χ4v) is 1.59. The molecule has 0 atom stereocenters. The van der Waals surface area contributed by atoms with E-state index in [9.17, 15) is 0 Å². The van der Waals surface area contributed by atoms with Gasteiger partial charge in [0.15, 0.2) is 0 Å². The molecule has 1 aromatic heterocycles. The van der Waals surface area contributed by atoms with E-state index < -0.39 is 0 Å². The molecule has 1 rings (SSSR count). The Kier molecular flexibility index (Phi) is 6.07. The summed E-state index contributed by atoms with van der Waals surface area (Å²) in [6.07, 6.45) is 7.63. The van der Waals surface area contributed by atoms with Gasteiger partial charge in [0.05, 0.1) is 12.2 Å². The zero-order valence-electron chi connectivity index (χ0n) is 10.4. The van der Waals surface area contributed by atoms with Crippen LogP contribution in [0.4, 0.5) is 0 Å². The van der Waals surface area contributed by atoms with Crippen molar-refractivity contribution in [3.63, 3.8) is 0 Å². The number of rotatable bonds is 8. The Labute approximate surface area is 103 Å². The van der Waals surface area contributed by atoms with Gasteiger partial charge in [-0.25, -0.2) is 4.98 Å². The van der Waals surface area contributed by atoms with Crippen LogP contribution in [0.2, 0.25) is 0 Å². The highest BCUT2D eigenvalue weighted by molar-refractivity contribution is 5.96. The Hall–Kier alpha value is -1.58. The second-order valence-corrected chi connectivity index (χ2v) is 4.03. The fourth-order valence-electron chi connectivity index (χ4n) is 1.59. The molecule has 3 N–H and O–H groups in total. The molecule has 0 aliphatic heterocycles. The molecule has 0 bridgehead atoms. The maximum atomic E-state index is 7.41. The van der Waals surface area contributed by atoms with Gasteiger partial charge in [-0.2, -0.15) is 0 Å². The van der Waals surface area contributed by atoms with Crippen LogP contribution >= 0.6 is 0 Å². The number of hydrogen-bond acceptors (Lipinski definition) is 3. The molecule has 0 aromatic carbocycles. The predicted molar refractivity (Wildman–Crippen MR) is 69.5 cm³/mol. The van der Waals surface area contributed by atoms with Crippen LogP contribution in [0.5, 0.6) is 5.88 Å². The third-order valence-corrected chi connectivity index (χ3v) is 2.55. The minimum atomic E-state index is -0.000849. The molecule has 0 fully saturated rings. The molecular weight excluding hydrogens is 214 g/mol. The van der Waals surface area contributed by atoms with Crippen LogP contribution < -0.4 is 10.5 Å². The van der Waals surface area contributed by atoms with E-state index in [-0.39, 0.29) is 5.84 Å². The van der Waals surface area contributed by atoms with E-state index in [4.69, 9.17) is 15.9 Å². The first kappa shape index (κ1) is 13.5. The van der Waals surface area contributed by atoms with Gasteiger partial charge in [-0.15, -0.1) is 0 Å². The number of unbranched alkanes of at least 4 members (excludes halogenated alkanes) is 4.